The third kappa shape index (κ3) is 4.15. The van der Waals surface area contributed by atoms with Gasteiger partial charge in [-0.05, 0) is 26.8 Å². The lowest BCUT2D eigenvalue weighted by Crippen LogP contribution is -2.46. The first-order chi connectivity index (χ1) is 15.4. The van der Waals surface area contributed by atoms with Crippen molar-refractivity contribution in [2.45, 2.75) is 38.4 Å². The highest BCUT2D eigenvalue weighted by molar-refractivity contribution is 6.29. The number of fused-ring (bicyclic) bond motifs is 3. The van der Waals surface area contributed by atoms with E-state index < -0.39 is 24.2 Å². The molecule has 4 rings (SSSR count). The zero-order chi connectivity index (χ0) is 24.1. The van der Waals surface area contributed by atoms with Crippen LogP contribution >= 0.6 is 11.6 Å². The Bertz CT molecular complexity index is 1230. The Labute approximate surface area is 191 Å². The SMILES string of the molecule is Cc1cc(NC(=O)N2C[C@](C)(C(F)(F)F)c3c2cnc2cc(Cl)nn32)cc(OC[C@H](C)N)n1. The molecule has 9 nitrogen and oxygen atoms in total. The van der Waals surface area contributed by atoms with Crippen LogP contribution in [0.1, 0.15) is 25.2 Å². The second kappa shape index (κ2) is 8.03. The Kier molecular flexibility index (Phi) is 5.61. The van der Waals surface area contributed by atoms with Gasteiger partial charge in [-0.2, -0.15) is 18.3 Å². The largest absolute Gasteiger partial charge is 0.476 e. The first-order valence-corrected chi connectivity index (χ1v) is 10.3. The lowest BCUT2D eigenvalue weighted by atomic mass is 9.88. The summed E-state index contributed by atoms with van der Waals surface area (Å²) in [6, 6.07) is 3.40. The molecule has 3 N–H and O–H groups in total. The van der Waals surface area contributed by atoms with E-state index in [9.17, 15) is 18.0 Å². The van der Waals surface area contributed by atoms with Crippen molar-refractivity contribution in [3.05, 3.63) is 40.9 Å². The van der Waals surface area contributed by atoms with Gasteiger partial charge in [0.25, 0.3) is 0 Å². The van der Waals surface area contributed by atoms with Gasteiger partial charge in [0.15, 0.2) is 10.8 Å². The fraction of sp³-hybridized carbons (Fsp3) is 0.400. The van der Waals surface area contributed by atoms with E-state index in [4.69, 9.17) is 22.1 Å². The monoisotopic (exact) mass is 483 g/mol. The molecule has 0 saturated carbocycles. The molecule has 13 heteroatoms. The second-order valence-electron chi connectivity index (χ2n) is 8.20. The standard InChI is InChI=1S/C20H21ClF3N7O2/c1-10(25)8-33-16-5-12(4-11(2)27-16)28-18(32)30-9-19(3,20(22,23)24)17-13(30)7-26-15-6-14(21)29-31(15)17/h4-7,10H,8-9,25H2,1-3H3,(H,27,28,32)/t10-,19-/m0/s1. The van der Waals surface area contributed by atoms with Crippen molar-refractivity contribution in [1.82, 2.24) is 19.6 Å². The zero-order valence-corrected chi connectivity index (χ0v) is 18.7. The predicted molar refractivity (Wildman–Crippen MR) is 116 cm³/mol. The molecule has 1 aliphatic rings. The molecule has 3 aromatic heterocycles. The molecular formula is C20H21ClF3N7O2. The number of pyridine rings is 1. The van der Waals surface area contributed by atoms with Gasteiger partial charge in [0.2, 0.25) is 5.88 Å². The molecule has 2 amide bonds. The lowest BCUT2D eigenvalue weighted by molar-refractivity contribution is -0.181. The minimum Gasteiger partial charge on any atom is -0.476 e. The first-order valence-electron chi connectivity index (χ1n) is 9.96. The molecule has 0 radical (unpaired) electrons. The fourth-order valence-corrected chi connectivity index (χ4v) is 3.86. The highest BCUT2D eigenvalue weighted by Crippen LogP contribution is 2.50. The Morgan fingerprint density at radius 3 is 2.79 bits per heavy atom. The van der Waals surface area contributed by atoms with E-state index in [1.807, 2.05) is 0 Å². The zero-order valence-electron chi connectivity index (χ0n) is 17.9. The van der Waals surface area contributed by atoms with Crippen molar-refractivity contribution in [1.29, 1.82) is 0 Å². The molecule has 4 heterocycles. The molecule has 0 bridgehead atoms. The molecule has 0 saturated heterocycles. The average molecular weight is 484 g/mol. The quantitative estimate of drug-likeness (QED) is 0.585. The molecule has 0 aliphatic carbocycles. The summed E-state index contributed by atoms with van der Waals surface area (Å²) in [5.41, 5.74) is 4.07. The summed E-state index contributed by atoms with van der Waals surface area (Å²) in [6.45, 7) is 4.03. The topological polar surface area (TPSA) is 111 Å². The molecule has 0 unspecified atom stereocenters. The van der Waals surface area contributed by atoms with Crippen LogP contribution in [0.15, 0.2) is 24.4 Å². The molecule has 33 heavy (non-hydrogen) atoms. The van der Waals surface area contributed by atoms with Crippen molar-refractivity contribution < 1.29 is 22.7 Å². The number of rotatable bonds is 4. The molecule has 0 aromatic carbocycles. The number of ether oxygens (including phenoxy) is 1. The fourth-order valence-electron chi connectivity index (χ4n) is 3.68. The van der Waals surface area contributed by atoms with Gasteiger partial charge < -0.3 is 15.8 Å². The molecule has 0 fully saturated rings. The van der Waals surface area contributed by atoms with Crippen molar-refractivity contribution >= 4 is 34.7 Å². The van der Waals surface area contributed by atoms with Gasteiger partial charge in [0.1, 0.15) is 12.0 Å². The number of anilines is 2. The van der Waals surface area contributed by atoms with E-state index in [1.54, 1.807) is 19.9 Å². The number of carbonyl (C=O) groups is 1. The van der Waals surface area contributed by atoms with E-state index >= 15 is 0 Å². The van der Waals surface area contributed by atoms with E-state index in [-0.39, 0.29) is 40.7 Å². The number of carbonyl (C=O) groups excluding carboxylic acids is 1. The molecule has 176 valence electrons. The highest BCUT2D eigenvalue weighted by Gasteiger charge is 2.60. The van der Waals surface area contributed by atoms with E-state index in [0.29, 0.717) is 11.4 Å². The normalized spacial score (nSPS) is 19.0. The van der Waals surface area contributed by atoms with Gasteiger partial charge in [-0.15, -0.1) is 0 Å². The number of halogens is 4. The maximum absolute atomic E-state index is 14.2. The van der Waals surface area contributed by atoms with Crippen LogP contribution in [-0.2, 0) is 5.41 Å². The Balaban J connectivity index is 1.70. The number of urea groups is 1. The summed E-state index contributed by atoms with van der Waals surface area (Å²) in [7, 11) is 0. The number of amides is 2. The summed E-state index contributed by atoms with van der Waals surface area (Å²) in [6.07, 6.45) is -3.45. The van der Waals surface area contributed by atoms with Crippen molar-refractivity contribution in [2.75, 3.05) is 23.4 Å². The lowest BCUT2D eigenvalue weighted by Gasteiger charge is -2.28. The van der Waals surface area contributed by atoms with Crippen LogP contribution in [0, 0.1) is 6.92 Å². The number of aryl methyl sites for hydroxylation is 1. The maximum atomic E-state index is 14.2. The van der Waals surface area contributed by atoms with E-state index in [2.05, 4.69) is 20.4 Å². The van der Waals surface area contributed by atoms with Crippen LogP contribution in [0.2, 0.25) is 5.15 Å². The molecule has 2 atom stereocenters. The van der Waals surface area contributed by atoms with Gasteiger partial charge in [0, 0.05) is 36.1 Å². The van der Waals surface area contributed by atoms with Crippen LogP contribution in [0.5, 0.6) is 5.88 Å². The number of nitrogens with one attached hydrogen (secondary N) is 1. The van der Waals surface area contributed by atoms with Crippen LogP contribution in [0.3, 0.4) is 0 Å². The number of alkyl halides is 3. The van der Waals surface area contributed by atoms with Gasteiger partial charge in [0.05, 0.1) is 17.6 Å². The van der Waals surface area contributed by atoms with E-state index in [0.717, 1.165) is 16.3 Å². The number of nitrogens with zero attached hydrogens (tertiary/aromatic N) is 5. The number of hydrogen-bond acceptors (Lipinski definition) is 6. The third-order valence-electron chi connectivity index (χ3n) is 5.27. The highest BCUT2D eigenvalue weighted by atomic mass is 35.5. The second-order valence-corrected chi connectivity index (χ2v) is 8.59. The number of nitrogens with two attached hydrogens (primary N) is 1. The van der Waals surface area contributed by atoms with Crippen molar-refractivity contribution in [3.8, 4) is 5.88 Å². The predicted octanol–water partition coefficient (Wildman–Crippen LogP) is 3.68. The minimum atomic E-state index is -4.67. The van der Waals surface area contributed by atoms with Gasteiger partial charge in [-0.25, -0.2) is 19.3 Å². The van der Waals surface area contributed by atoms with Crippen LogP contribution < -0.4 is 20.7 Å². The number of hydrogen-bond donors (Lipinski definition) is 2. The van der Waals surface area contributed by atoms with Crippen LogP contribution in [-0.4, -0.2) is 51.0 Å². The summed E-state index contributed by atoms with van der Waals surface area (Å²) in [5, 5.41) is 6.57. The summed E-state index contributed by atoms with van der Waals surface area (Å²) in [4.78, 5) is 22.4. The van der Waals surface area contributed by atoms with Crippen LogP contribution in [0.4, 0.5) is 29.3 Å². The smallest absolute Gasteiger partial charge is 0.401 e. The summed E-state index contributed by atoms with van der Waals surface area (Å²) in [5.74, 6) is 0.235. The van der Waals surface area contributed by atoms with Crippen molar-refractivity contribution in [2.24, 2.45) is 5.73 Å². The Morgan fingerprint density at radius 2 is 2.12 bits per heavy atom. The first kappa shape index (κ1) is 23.1. The molecular weight excluding hydrogens is 463 g/mol. The minimum absolute atomic E-state index is 0.00471. The average Bonchev–Trinajstić information content (AvgIpc) is 3.23. The van der Waals surface area contributed by atoms with Crippen molar-refractivity contribution in [3.63, 3.8) is 0 Å². The van der Waals surface area contributed by atoms with Crippen LogP contribution in [0.25, 0.3) is 5.65 Å². The maximum Gasteiger partial charge on any atom is 0.401 e. The molecule has 3 aromatic rings. The third-order valence-corrected chi connectivity index (χ3v) is 5.45. The Morgan fingerprint density at radius 1 is 1.39 bits per heavy atom. The van der Waals surface area contributed by atoms with E-state index in [1.165, 1.54) is 18.3 Å². The molecule has 0 spiro atoms. The summed E-state index contributed by atoms with van der Waals surface area (Å²) >= 11 is 5.90. The molecule has 1 aliphatic heterocycles. The Hall–Kier alpha value is -3.12. The van der Waals surface area contributed by atoms with Gasteiger partial charge in [-0.3, -0.25) is 4.90 Å². The summed E-state index contributed by atoms with van der Waals surface area (Å²) < 4.78 is 49.1. The number of aromatic nitrogens is 4. The van der Waals surface area contributed by atoms with Gasteiger partial charge in [-0.1, -0.05) is 11.6 Å². The van der Waals surface area contributed by atoms with Gasteiger partial charge >= 0.3 is 12.2 Å².